The number of hydrogen-bond donors (Lipinski definition) is 2. The molecule has 0 fully saturated rings. The van der Waals surface area contributed by atoms with Crippen LogP contribution in [0.25, 0.3) is 0 Å². The van der Waals surface area contributed by atoms with Gasteiger partial charge in [0.2, 0.25) is 0 Å². The minimum Gasteiger partial charge on any atom is -0.372 e. The average molecular weight is 277 g/mol. The van der Waals surface area contributed by atoms with Crippen molar-refractivity contribution < 1.29 is 4.79 Å². The van der Waals surface area contributed by atoms with Crippen LogP contribution in [-0.2, 0) is 0 Å². The molecule has 5 nitrogen and oxygen atoms in total. The van der Waals surface area contributed by atoms with Gasteiger partial charge in [0.15, 0.2) is 0 Å². The fourth-order valence-corrected chi connectivity index (χ4v) is 1.81. The van der Waals surface area contributed by atoms with Crippen LogP contribution in [0.3, 0.4) is 0 Å². The van der Waals surface area contributed by atoms with Crippen molar-refractivity contribution in [3.63, 3.8) is 0 Å². The number of rotatable bonds is 3. The van der Waals surface area contributed by atoms with Crippen LogP contribution in [0, 0.1) is 6.92 Å². The first kappa shape index (κ1) is 13.3. The Morgan fingerprint density at radius 3 is 2.79 bits per heavy atom. The number of anilines is 2. The Labute approximate surface area is 116 Å². The fraction of sp³-hybridized carbons (Fsp3) is 0.154. The summed E-state index contributed by atoms with van der Waals surface area (Å²) in [5.74, 6) is 0.737. The first-order chi connectivity index (χ1) is 9.10. The first-order valence-electron chi connectivity index (χ1n) is 5.68. The van der Waals surface area contributed by atoms with Gasteiger partial charge in [0, 0.05) is 18.9 Å². The lowest BCUT2D eigenvalue weighted by atomic mass is 10.2. The molecule has 2 aromatic rings. The number of aryl methyl sites for hydroxylation is 1. The van der Waals surface area contributed by atoms with Crippen molar-refractivity contribution >= 4 is 29.1 Å². The second-order valence-electron chi connectivity index (χ2n) is 3.92. The van der Waals surface area contributed by atoms with E-state index in [1.807, 2.05) is 19.1 Å². The molecule has 0 spiro atoms. The molecule has 2 N–H and O–H groups in total. The molecule has 0 bridgehead atoms. The van der Waals surface area contributed by atoms with Crippen molar-refractivity contribution in [2.24, 2.45) is 0 Å². The molecule has 0 saturated heterocycles. The maximum absolute atomic E-state index is 12.0. The van der Waals surface area contributed by atoms with E-state index in [1.165, 1.54) is 6.20 Å². The molecule has 0 atom stereocenters. The van der Waals surface area contributed by atoms with Crippen LogP contribution in [0.1, 0.15) is 16.1 Å². The highest BCUT2D eigenvalue weighted by Gasteiger charge is 2.10. The molecule has 0 radical (unpaired) electrons. The molecule has 0 aromatic carbocycles. The third-order valence-electron chi connectivity index (χ3n) is 2.47. The third-order valence-corrected chi connectivity index (χ3v) is 2.76. The molecule has 2 rings (SSSR count). The van der Waals surface area contributed by atoms with Crippen LogP contribution in [0.2, 0.25) is 5.02 Å². The number of nitrogens with zero attached hydrogens (tertiary/aromatic N) is 2. The fourth-order valence-electron chi connectivity index (χ4n) is 1.55. The van der Waals surface area contributed by atoms with E-state index in [2.05, 4.69) is 20.6 Å². The summed E-state index contributed by atoms with van der Waals surface area (Å²) in [7, 11) is 1.71. The Morgan fingerprint density at radius 1 is 1.37 bits per heavy atom. The summed E-state index contributed by atoms with van der Waals surface area (Å²) in [5.41, 5.74) is 1.21. The van der Waals surface area contributed by atoms with Crippen molar-refractivity contribution in [3.8, 4) is 0 Å². The van der Waals surface area contributed by atoms with Gasteiger partial charge >= 0.3 is 0 Å². The maximum atomic E-state index is 12.0. The molecule has 2 aromatic heterocycles. The summed E-state index contributed by atoms with van der Waals surface area (Å²) < 4.78 is 0. The Bertz CT molecular complexity index is 615. The summed E-state index contributed by atoms with van der Waals surface area (Å²) in [6, 6.07) is 6.97. The molecule has 1 amide bonds. The maximum Gasteiger partial charge on any atom is 0.258 e. The summed E-state index contributed by atoms with van der Waals surface area (Å²) in [6.07, 6.45) is 1.46. The van der Waals surface area contributed by atoms with E-state index in [1.54, 1.807) is 19.2 Å². The Morgan fingerprint density at radius 2 is 2.16 bits per heavy atom. The van der Waals surface area contributed by atoms with Gasteiger partial charge in [-0.3, -0.25) is 4.79 Å². The van der Waals surface area contributed by atoms with E-state index in [4.69, 9.17) is 11.6 Å². The number of nitrogens with one attached hydrogen (secondary N) is 2. The second-order valence-corrected chi connectivity index (χ2v) is 4.33. The quantitative estimate of drug-likeness (QED) is 0.905. The predicted octanol–water partition coefficient (Wildman–Crippen LogP) is 2.73. The number of pyridine rings is 2. The molecular formula is C13H13ClN4O. The van der Waals surface area contributed by atoms with E-state index in [0.717, 1.165) is 5.69 Å². The Balaban J connectivity index is 2.18. The summed E-state index contributed by atoms with van der Waals surface area (Å²) in [6.45, 7) is 1.86. The monoisotopic (exact) mass is 276 g/mol. The van der Waals surface area contributed by atoms with E-state index >= 15 is 0 Å². The van der Waals surface area contributed by atoms with E-state index in [-0.39, 0.29) is 5.91 Å². The minimum atomic E-state index is -0.296. The number of aromatic nitrogens is 2. The largest absolute Gasteiger partial charge is 0.372 e. The van der Waals surface area contributed by atoms with Crippen LogP contribution in [0.15, 0.2) is 30.5 Å². The smallest absolute Gasteiger partial charge is 0.258 e. The molecule has 0 saturated carbocycles. The molecular weight excluding hydrogens is 264 g/mol. The molecule has 2 heterocycles. The van der Waals surface area contributed by atoms with Gasteiger partial charge in [-0.1, -0.05) is 17.7 Å². The van der Waals surface area contributed by atoms with Crippen LogP contribution < -0.4 is 10.6 Å². The lowest BCUT2D eigenvalue weighted by Gasteiger charge is -2.07. The van der Waals surface area contributed by atoms with Crippen molar-refractivity contribution in [2.75, 3.05) is 17.7 Å². The molecule has 98 valence electrons. The molecule has 0 aliphatic carbocycles. The van der Waals surface area contributed by atoms with E-state index in [9.17, 15) is 4.79 Å². The number of amides is 1. The van der Waals surface area contributed by atoms with Gasteiger partial charge in [-0.05, 0) is 25.1 Å². The Kier molecular flexibility index (Phi) is 3.97. The van der Waals surface area contributed by atoms with E-state index < -0.39 is 0 Å². The summed E-state index contributed by atoms with van der Waals surface area (Å²) >= 11 is 5.98. The van der Waals surface area contributed by atoms with Crippen molar-refractivity contribution in [2.45, 2.75) is 6.92 Å². The van der Waals surface area contributed by atoms with Crippen LogP contribution in [-0.4, -0.2) is 22.9 Å². The van der Waals surface area contributed by atoms with E-state index in [0.29, 0.717) is 22.2 Å². The third kappa shape index (κ3) is 3.20. The number of carbonyl (C=O) groups excluding carboxylic acids is 1. The average Bonchev–Trinajstić information content (AvgIpc) is 2.38. The van der Waals surface area contributed by atoms with Crippen molar-refractivity contribution in [3.05, 3.63) is 46.7 Å². The minimum absolute atomic E-state index is 0.296. The van der Waals surface area contributed by atoms with Gasteiger partial charge < -0.3 is 10.6 Å². The zero-order chi connectivity index (χ0) is 13.8. The van der Waals surface area contributed by atoms with Gasteiger partial charge in [-0.2, -0.15) is 0 Å². The second kappa shape index (κ2) is 5.67. The first-order valence-corrected chi connectivity index (χ1v) is 6.06. The molecule has 19 heavy (non-hydrogen) atoms. The molecule has 0 aliphatic heterocycles. The van der Waals surface area contributed by atoms with Crippen LogP contribution in [0.4, 0.5) is 11.6 Å². The highest BCUT2D eigenvalue weighted by Crippen LogP contribution is 2.19. The molecule has 0 aliphatic rings. The standard InChI is InChI=1S/C13H13ClN4O/c1-8-4-3-5-11(17-8)18-13(19)9-6-10(14)12(15-2)16-7-9/h3-7H,1-2H3,(H,15,16)(H,17,18,19). The topological polar surface area (TPSA) is 66.9 Å². The van der Waals surface area contributed by atoms with Gasteiger partial charge in [0.1, 0.15) is 11.6 Å². The zero-order valence-electron chi connectivity index (χ0n) is 10.6. The zero-order valence-corrected chi connectivity index (χ0v) is 11.3. The normalized spacial score (nSPS) is 10.1. The van der Waals surface area contributed by atoms with Crippen LogP contribution in [0.5, 0.6) is 0 Å². The number of halogens is 1. The Hall–Kier alpha value is -2.14. The van der Waals surface area contributed by atoms with Gasteiger partial charge in [0.05, 0.1) is 10.6 Å². The van der Waals surface area contributed by atoms with Crippen LogP contribution >= 0.6 is 11.6 Å². The number of hydrogen-bond acceptors (Lipinski definition) is 4. The highest BCUT2D eigenvalue weighted by molar-refractivity contribution is 6.33. The summed E-state index contributed by atoms with van der Waals surface area (Å²) in [5, 5.41) is 5.92. The van der Waals surface area contributed by atoms with Crippen molar-refractivity contribution in [1.29, 1.82) is 0 Å². The highest BCUT2D eigenvalue weighted by atomic mass is 35.5. The summed E-state index contributed by atoms with van der Waals surface area (Å²) in [4.78, 5) is 20.3. The van der Waals surface area contributed by atoms with Crippen molar-refractivity contribution in [1.82, 2.24) is 9.97 Å². The van der Waals surface area contributed by atoms with Gasteiger partial charge in [-0.25, -0.2) is 9.97 Å². The molecule has 0 unspecified atom stereocenters. The number of carbonyl (C=O) groups is 1. The molecule has 6 heteroatoms. The predicted molar refractivity (Wildman–Crippen MR) is 75.7 cm³/mol. The lowest BCUT2D eigenvalue weighted by Crippen LogP contribution is -2.13. The van der Waals surface area contributed by atoms with Gasteiger partial charge in [0.25, 0.3) is 5.91 Å². The lowest BCUT2D eigenvalue weighted by molar-refractivity contribution is 0.102. The van der Waals surface area contributed by atoms with Gasteiger partial charge in [-0.15, -0.1) is 0 Å². The SMILES string of the molecule is CNc1ncc(C(=O)Nc2cccc(C)n2)cc1Cl.